The molecule has 0 aliphatic carbocycles. The molecule has 0 radical (unpaired) electrons. The summed E-state index contributed by atoms with van der Waals surface area (Å²) >= 11 is 0. The maximum atomic E-state index is 12.6. The quantitative estimate of drug-likeness (QED) is 0.720. The highest BCUT2D eigenvalue weighted by atomic mass is 19.4. The summed E-state index contributed by atoms with van der Waals surface area (Å²) < 4.78 is 37.8. The summed E-state index contributed by atoms with van der Waals surface area (Å²) in [7, 11) is 0. The molecule has 3 N–H and O–H groups in total. The number of rotatable bonds is 3. The Kier molecular flexibility index (Phi) is 5.19. The molecule has 2 aliphatic heterocycles. The highest BCUT2D eigenvalue weighted by Gasteiger charge is 2.35. The Morgan fingerprint density at radius 1 is 1.08 bits per heavy atom. The molecule has 0 bridgehead atoms. The summed E-state index contributed by atoms with van der Waals surface area (Å²) in [6.07, 6.45) is -5.75. The molecule has 9 heteroatoms. The standard InChI is InChI=1S/C16H22F3N3O3/c17-16(18,19)11-1-2-14(20-5-11)22-4-3-10(7-22)6-21-8-12(23)15(25)13(24)9-21/h1-2,5,10,12-13,15,23-25H,3-4,6-9H2/t10-,12?,13?,15?/m1/s1. The number of hydrogen-bond acceptors (Lipinski definition) is 6. The summed E-state index contributed by atoms with van der Waals surface area (Å²) in [6, 6.07) is 2.42. The molecule has 3 heterocycles. The Hall–Kier alpha value is -1.42. The SMILES string of the molecule is OC1CN(C[C@H]2CCN(c3ccc(C(F)(F)F)cn3)C2)CC(O)C1O. The van der Waals surface area contributed by atoms with Crippen LogP contribution in [0, 0.1) is 5.92 Å². The van der Waals surface area contributed by atoms with E-state index in [-0.39, 0.29) is 5.92 Å². The monoisotopic (exact) mass is 361 g/mol. The van der Waals surface area contributed by atoms with Crippen LogP contribution in [-0.4, -0.2) is 76.2 Å². The molecule has 0 aromatic carbocycles. The van der Waals surface area contributed by atoms with Crippen LogP contribution < -0.4 is 4.90 Å². The lowest BCUT2D eigenvalue weighted by atomic mass is 10.00. The van der Waals surface area contributed by atoms with E-state index in [1.165, 1.54) is 6.07 Å². The average Bonchev–Trinajstić information content (AvgIpc) is 3.00. The number of nitrogens with zero attached hydrogens (tertiary/aromatic N) is 3. The molecule has 6 nitrogen and oxygen atoms in total. The first-order valence-electron chi connectivity index (χ1n) is 8.29. The van der Waals surface area contributed by atoms with Crippen LogP contribution in [0.4, 0.5) is 19.0 Å². The van der Waals surface area contributed by atoms with Gasteiger partial charge in [0.25, 0.3) is 0 Å². The van der Waals surface area contributed by atoms with Gasteiger partial charge in [0, 0.05) is 38.9 Å². The molecular weight excluding hydrogens is 339 g/mol. The number of halogens is 3. The van der Waals surface area contributed by atoms with Crippen molar-refractivity contribution in [2.75, 3.05) is 37.6 Å². The lowest BCUT2D eigenvalue weighted by Gasteiger charge is -2.37. The molecule has 2 unspecified atom stereocenters. The second kappa shape index (κ2) is 7.06. The molecule has 0 spiro atoms. The van der Waals surface area contributed by atoms with E-state index in [1.807, 2.05) is 9.80 Å². The summed E-state index contributed by atoms with van der Waals surface area (Å²) in [6.45, 7) is 2.60. The third-order valence-electron chi connectivity index (χ3n) is 4.88. The normalized spacial score (nSPS) is 31.5. The number of hydrogen-bond donors (Lipinski definition) is 3. The predicted molar refractivity (Wildman–Crippen MR) is 84.0 cm³/mol. The van der Waals surface area contributed by atoms with Crippen molar-refractivity contribution >= 4 is 5.82 Å². The highest BCUT2D eigenvalue weighted by Crippen LogP contribution is 2.30. The van der Waals surface area contributed by atoms with Gasteiger partial charge in [-0.05, 0) is 24.5 Å². The smallest absolute Gasteiger partial charge is 0.389 e. The first kappa shape index (κ1) is 18.4. The van der Waals surface area contributed by atoms with Crippen LogP contribution in [0.15, 0.2) is 18.3 Å². The van der Waals surface area contributed by atoms with Crippen molar-refractivity contribution in [3.05, 3.63) is 23.9 Å². The molecule has 25 heavy (non-hydrogen) atoms. The molecule has 1 aromatic heterocycles. The van der Waals surface area contributed by atoms with Gasteiger partial charge in [-0.25, -0.2) is 4.98 Å². The maximum absolute atomic E-state index is 12.6. The minimum atomic E-state index is -4.39. The van der Waals surface area contributed by atoms with Crippen molar-refractivity contribution in [2.24, 2.45) is 5.92 Å². The van der Waals surface area contributed by atoms with E-state index in [4.69, 9.17) is 0 Å². The van der Waals surface area contributed by atoms with Gasteiger partial charge < -0.3 is 20.2 Å². The fraction of sp³-hybridized carbons (Fsp3) is 0.688. The number of aliphatic hydroxyl groups excluding tert-OH is 3. The van der Waals surface area contributed by atoms with Crippen LogP contribution >= 0.6 is 0 Å². The number of β-amino-alcohol motifs (C(OH)–C–C–N with tert-alkyl or cyclic N) is 2. The Bertz CT molecular complexity index is 572. The van der Waals surface area contributed by atoms with Crippen molar-refractivity contribution in [3.63, 3.8) is 0 Å². The van der Waals surface area contributed by atoms with Gasteiger partial charge in [-0.15, -0.1) is 0 Å². The Morgan fingerprint density at radius 2 is 1.76 bits per heavy atom. The van der Waals surface area contributed by atoms with Crippen molar-refractivity contribution < 1.29 is 28.5 Å². The number of piperidine rings is 1. The fourth-order valence-corrected chi connectivity index (χ4v) is 3.52. The van der Waals surface area contributed by atoms with Crippen LogP contribution in [0.2, 0.25) is 0 Å². The topological polar surface area (TPSA) is 80.1 Å². The van der Waals surface area contributed by atoms with Crippen molar-refractivity contribution in [1.29, 1.82) is 0 Å². The molecule has 3 rings (SSSR count). The van der Waals surface area contributed by atoms with E-state index in [0.29, 0.717) is 38.5 Å². The number of likely N-dealkylation sites (tertiary alicyclic amines) is 1. The second-order valence-corrected chi connectivity index (χ2v) is 6.85. The van der Waals surface area contributed by atoms with E-state index in [0.717, 1.165) is 18.7 Å². The number of pyridine rings is 1. The molecule has 0 saturated carbocycles. The van der Waals surface area contributed by atoms with Crippen LogP contribution in [-0.2, 0) is 6.18 Å². The first-order valence-corrected chi connectivity index (χ1v) is 8.29. The van der Waals surface area contributed by atoms with Crippen LogP contribution in [0.25, 0.3) is 0 Å². The summed E-state index contributed by atoms with van der Waals surface area (Å²) in [5.41, 5.74) is -0.762. The zero-order valence-electron chi connectivity index (χ0n) is 13.6. The zero-order valence-corrected chi connectivity index (χ0v) is 13.6. The lowest BCUT2D eigenvalue weighted by molar-refractivity contribution is -0.137. The van der Waals surface area contributed by atoms with Crippen molar-refractivity contribution in [2.45, 2.75) is 30.9 Å². The van der Waals surface area contributed by atoms with Crippen LogP contribution in [0.3, 0.4) is 0 Å². The average molecular weight is 361 g/mol. The molecule has 2 fully saturated rings. The minimum Gasteiger partial charge on any atom is -0.389 e. The van der Waals surface area contributed by atoms with E-state index in [2.05, 4.69) is 4.98 Å². The summed E-state index contributed by atoms with van der Waals surface area (Å²) in [5, 5.41) is 29.1. The van der Waals surface area contributed by atoms with Crippen LogP contribution in [0.5, 0.6) is 0 Å². The Balaban J connectivity index is 1.55. The first-order chi connectivity index (χ1) is 11.7. The van der Waals surface area contributed by atoms with Gasteiger partial charge in [-0.2, -0.15) is 13.2 Å². The van der Waals surface area contributed by atoms with E-state index >= 15 is 0 Å². The van der Waals surface area contributed by atoms with Gasteiger partial charge in [-0.1, -0.05) is 0 Å². The fourth-order valence-electron chi connectivity index (χ4n) is 3.52. The molecule has 140 valence electrons. The third kappa shape index (κ3) is 4.22. The molecule has 0 amide bonds. The van der Waals surface area contributed by atoms with Crippen LogP contribution in [0.1, 0.15) is 12.0 Å². The molecular formula is C16H22F3N3O3. The number of aromatic nitrogens is 1. The molecule has 2 aliphatic rings. The molecule has 2 saturated heterocycles. The predicted octanol–water partition coefficient (Wildman–Crippen LogP) is 0.325. The largest absolute Gasteiger partial charge is 0.417 e. The maximum Gasteiger partial charge on any atom is 0.417 e. The lowest BCUT2D eigenvalue weighted by Crippen LogP contribution is -2.56. The number of alkyl halides is 3. The van der Waals surface area contributed by atoms with Gasteiger partial charge >= 0.3 is 6.18 Å². The number of anilines is 1. The molecule has 3 atom stereocenters. The Morgan fingerprint density at radius 3 is 2.32 bits per heavy atom. The summed E-state index contributed by atoms with van der Waals surface area (Å²) in [5.74, 6) is 0.781. The summed E-state index contributed by atoms with van der Waals surface area (Å²) in [4.78, 5) is 7.78. The minimum absolute atomic E-state index is 0.263. The van der Waals surface area contributed by atoms with Crippen molar-refractivity contribution in [1.82, 2.24) is 9.88 Å². The molecule has 1 aromatic rings. The van der Waals surface area contributed by atoms with Gasteiger partial charge in [0.1, 0.15) is 11.9 Å². The van der Waals surface area contributed by atoms with E-state index < -0.39 is 30.1 Å². The van der Waals surface area contributed by atoms with E-state index in [1.54, 1.807) is 0 Å². The van der Waals surface area contributed by atoms with Gasteiger partial charge in [0.05, 0.1) is 17.8 Å². The van der Waals surface area contributed by atoms with Gasteiger partial charge in [0.15, 0.2) is 0 Å². The van der Waals surface area contributed by atoms with Crippen molar-refractivity contribution in [3.8, 4) is 0 Å². The third-order valence-corrected chi connectivity index (χ3v) is 4.88. The second-order valence-electron chi connectivity index (χ2n) is 6.85. The zero-order chi connectivity index (χ0) is 18.2. The number of aliphatic hydroxyl groups is 3. The highest BCUT2D eigenvalue weighted by molar-refractivity contribution is 5.41. The van der Waals surface area contributed by atoms with Gasteiger partial charge in [0.2, 0.25) is 0 Å². The van der Waals surface area contributed by atoms with Gasteiger partial charge in [-0.3, -0.25) is 4.90 Å². The van der Waals surface area contributed by atoms with E-state index in [9.17, 15) is 28.5 Å². The Labute approximate surface area is 143 Å².